The van der Waals surface area contributed by atoms with Crippen molar-refractivity contribution in [2.75, 3.05) is 23.0 Å². The van der Waals surface area contributed by atoms with Crippen LogP contribution in [0, 0.1) is 5.41 Å². The lowest BCUT2D eigenvalue weighted by Crippen LogP contribution is -2.33. The van der Waals surface area contributed by atoms with E-state index in [0.29, 0.717) is 6.42 Å². The average molecular weight is 252 g/mol. The normalized spacial score (nSPS) is 29.1. The molecule has 1 heterocycles. The molecular formula is C9H16O4S2. The van der Waals surface area contributed by atoms with Crippen molar-refractivity contribution < 1.29 is 18.3 Å². The van der Waals surface area contributed by atoms with Crippen molar-refractivity contribution in [1.82, 2.24) is 0 Å². The van der Waals surface area contributed by atoms with Gasteiger partial charge in [0, 0.05) is 0 Å². The molecule has 1 unspecified atom stereocenters. The summed E-state index contributed by atoms with van der Waals surface area (Å²) in [6.45, 7) is 2.00. The van der Waals surface area contributed by atoms with Gasteiger partial charge >= 0.3 is 5.97 Å². The minimum atomic E-state index is -3.13. The molecule has 1 aliphatic rings. The van der Waals surface area contributed by atoms with Crippen molar-refractivity contribution in [3.63, 3.8) is 0 Å². The lowest BCUT2D eigenvalue weighted by Gasteiger charge is -2.21. The molecule has 0 aromatic heterocycles. The Hall–Kier alpha value is -0.230. The number of carboxylic acids is 1. The van der Waals surface area contributed by atoms with Gasteiger partial charge < -0.3 is 5.11 Å². The Labute approximate surface area is 94.4 Å². The van der Waals surface area contributed by atoms with E-state index in [1.54, 1.807) is 11.8 Å². The summed E-state index contributed by atoms with van der Waals surface area (Å²) < 4.78 is 22.6. The van der Waals surface area contributed by atoms with Crippen LogP contribution in [-0.4, -0.2) is 42.5 Å². The van der Waals surface area contributed by atoms with E-state index in [4.69, 9.17) is 5.11 Å². The minimum absolute atomic E-state index is 0.0239. The summed E-state index contributed by atoms with van der Waals surface area (Å²) in [7, 11) is -3.13. The molecule has 1 fully saturated rings. The molecule has 0 bridgehead atoms. The predicted molar refractivity (Wildman–Crippen MR) is 61.0 cm³/mol. The first-order valence-electron chi connectivity index (χ1n) is 4.93. The molecule has 0 radical (unpaired) electrons. The van der Waals surface area contributed by atoms with Crippen molar-refractivity contribution in [1.29, 1.82) is 0 Å². The predicted octanol–water partition coefficient (Wildman–Crippen LogP) is 1.02. The van der Waals surface area contributed by atoms with Crippen LogP contribution in [0.4, 0.5) is 0 Å². The van der Waals surface area contributed by atoms with Gasteiger partial charge in [-0.15, -0.1) is 0 Å². The van der Waals surface area contributed by atoms with Gasteiger partial charge in [-0.25, -0.2) is 8.42 Å². The highest BCUT2D eigenvalue weighted by molar-refractivity contribution is 7.99. The molecule has 0 saturated carbocycles. The fraction of sp³-hybridized carbons (Fsp3) is 0.889. The van der Waals surface area contributed by atoms with E-state index >= 15 is 0 Å². The van der Waals surface area contributed by atoms with Crippen LogP contribution in [-0.2, 0) is 14.6 Å². The zero-order chi connectivity index (χ0) is 11.5. The maximum atomic E-state index is 11.3. The molecule has 4 nitrogen and oxygen atoms in total. The van der Waals surface area contributed by atoms with Crippen LogP contribution in [0.1, 0.15) is 19.8 Å². The molecular weight excluding hydrogens is 236 g/mol. The lowest BCUT2D eigenvalue weighted by atomic mass is 9.85. The average Bonchev–Trinajstić information content (AvgIpc) is 2.44. The third kappa shape index (κ3) is 3.11. The van der Waals surface area contributed by atoms with Gasteiger partial charge in [0.05, 0.1) is 16.9 Å². The van der Waals surface area contributed by atoms with Crippen LogP contribution in [0.15, 0.2) is 0 Å². The molecule has 15 heavy (non-hydrogen) atoms. The summed E-state index contributed by atoms with van der Waals surface area (Å²) in [5.74, 6) is 0.538. The summed E-state index contributed by atoms with van der Waals surface area (Å²) in [5.41, 5.74) is -1.01. The molecule has 0 spiro atoms. The minimum Gasteiger partial charge on any atom is -0.481 e. The standard InChI is InChI=1S/C9H16O4S2/c1-2-14-5-3-9(8(10)11)4-6-15(12,13)7-9/h2-7H2,1H3,(H,10,11). The molecule has 1 atom stereocenters. The number of aliphatic carboxylic acids is 1. The Morgan fingerprint density at radius 2 is 2.20 bits per heavy atom. The maximum Gasteiger partial charge on any atom is 0.310 e. The second kappa shape index (κ2) is 4.74. The highest BCUT2D eigenvalue weighted by Crippen LogP contribution is 2.36. The topological polar surface area (TPSA) is 71.4 Å². The summed E-state index contributed by atoms with van der Waals surface area (Å²) in [5, 5.41) is 9.12. The number of carboxylic acid groups (broad SMARTS) is 1. The monoisotopic (exact) mass is 252 g/mol. The van der Waals surface area contributed by atoms with Crippen molar-refractivity contribution in [3.8, 4) is 0 Å². The van der Waals surface area contributed by atoms with Gasteiger partial charge in [-0.1, -0.05) is 6.92 Å². The van der Waals surface area contributed by atoms with Gasteiger partial charge in [-0.2, -0.15) is 11.8 Å². The highest BCUT2D eigenvalue weighted by atomic mass is 32.2. The smallest absolute Gasteiger partial charge is 0.310 e. The third-order valence-electron chi connectivity index (χ3n) is 2.77. The quantitative estimate of drug-likeness (QED) is 0.740. The Balaban J connectivity index is 2.70. The highest BCUT2D eigenvalue weighted by Gasteiger charge is 2.47. The number of hydrogen-bond acceptors (Lipinski definition) is 4. The molecule has 0 aromatic carbocycles. The molecule has 0 aromatic rings. The second-order valence-corrected chi connectivity index (χ2v) is 7.45. The first-order valence-corrected chi connectivity index (χ1v) is 7.91. The summed E-state index contributed by atoms with van der Waals surface area (Å²) in [4.78, 5) is 11.1. The van der Waals surface area contributed by atoms with Crippen LogP contribution < -0.4 is 0 Å². The van der Waals surface area contributed by atoms with Crippen molar-refractivity contribution >= 4 is 27.6 Å². The molecule has 0 amide bonds. The third-order valence-corrected chi connectivity index (χ3v) is 5.49. The molecule has 6 heteroatoms. The van der Waals surface area contributed by atoms with E-state index < -0.39 is 21.2 Å². The Morgan fingerprint density at radius 1 is 1.53 bits per heavy atom. The zero-order valence-corrected chi connectivity index (χ0v) is 10.4. The van der Waals surface area contributed by atoms with E-state index in [1.807, 2.05) is 6.92 Å². The molecule has 88 valence electrons. The number of sulfone groups is 1. The van der Waals surface area contributed by atoms with Crippen LogP contribution in [0.25, 0.3) is 0 Å². The van der Waals surface area contributed by atoms with E-state index in [2.05, 4.69) is 0 Å². The largest absolute Gasteiger partial charge is 0.481 e. The molecule has 1 saturated heterocycles. The Morgan fingerprint density at radius 3 is 2.60 bits per heavy atom. The Bertz CT molecular complexity index is 336. The van der Waals surface area contributed by atoms with Gasteiger partial charge in [0.15, 0.2) is 9.84 Å². The van der Waals surface area contributed by atoms with Gasteiger partial charge in [-0.3, -0.25) is 4.79 Å². The fourth-order valence-corrected chi connectivity index (χ4v) is 4.72. The lowest BCUT2D eigenvalue weighted by molar-refractivity contribution is -0.147. The zero-order valence-electron chi connectivity index (χ0n) is 8.73. The van der Waals surface area contributed by atoms with Crippen molar-refractivity contribution in [2.45, 2.75) is 19.8 Å². The summed E-state index contributed by atoms with van der Waals surface area (Å²) in [6.07, 6.45) is 0.731. The van der Waals surface area contributed by atoms with Crippen LogP contribution in [0.5, 0.6) is 0 Å². The number of thioether (sulfide) groups is 1. The van der Waals surface area contributed by atoms with Gasteiger partial charge in [0.25, 0.3) is 0 Å². The molecule has 0 aliphatic carbocycles. The molecule has 1 aliphatic heterocycles. The van der Waals surface area contributed by atoms with E-state index in [0.717, 1.165) is 11.5 Å². The molecule has 1 N–H and O–H groups in total. The second-order valence-electron chi connectivity index (χ2n) is 3.87. The summed E-state index contributed by atoms with van der Waals surface area (Å²) >= 11 is 1.65. The van der Waals surface area contributed by atoms with Crippen LogP contribution in [0.3, 0.4) is 0 Å². The Kier molecular flexibility index (Phi) is 4.06. The van der Waals surface area contributed by atoms with Gasteiger partial charge in [0.2, 0.25) is 0 Å². The van der Waals surface area contributed by atoms with E-state index in [9.17, 15) is 13.2 Å². The first-order chi connectivity index (χ1) is 6.92. The number of carbonyl (C=O) groups is 1. The van der Waals surface area contributed by atoms with Gasteiger partial charge in [0.1, 0.15) is 0 Å². The van der Waals surface area contributed by atoms with Crippen molar-refractivity contribution in [3.05, 3.63) is 0 Å². The number of rotatable bonds is 5. The fourth-order valence-electron chi connectivity index (χ4n) is 1.80. The first kappa shape index (κ1) is 12.8. The molecule has 1 rings (SSSR count). The van der Waals surface area contributed by atoms with Gasteiger partial charge in [-0.05, 0) is 24.3 Å². The number of hydrogen-bond donors (Lipinski definition) is 1. The van der Waals surface area contributed by atoms with Crippen molar-refractivity contribution in [2.24, 2.45) is 5.41 Å². The van der Waals surface area contributed by atoms with Crippen LogP contribution >= 0.6 is 11.8 Å². The summed E-state index contributed by atoms with van der Waals surface area (Å²) in [6, 6.07) is 0. The maximum absolute atomic E-state index is 11.3. The van der Waals surface area contributed by atoms with E-state index in [1.165, 1.54) is 0 Å². The van der Waals surface area contributed by atoms with E-state index in [-0.39, 0.29) is 17.9 Å². The SMILES string of the molecule is CCSCCC1(C(=O)O)CCS(=O)(=O)C1. The van der Waals surface area contributed by atoms with Crippen LogP contribution in [0.2, 0.25) is 0 Å².